The highest BCUT2D eigenvalue weighted by atomic mass is 32.2. The molecule has 7 heteroatoms. The van der Waals surface area contributed by atoms with Gasteiger partial charge in [0.15, 0.2) is 5.65 Å². The van der Waals surface area contributed by atoms with Gasteiger partial charge in [-0.25, -0.2) is 0 Å². The number of fused-ring (bicyclic) bond motifs is 2. The molecule has 0 bridgehead atoms. The van der Waals surface area contributed by atoms with Crippen LogP contribution in [0.1, 0.15) is 0 Å². The minimum atomic E-state index is 0.701. The second-order valence-corrected chi connectivity index (χ2v) is 7.10. The zero-order valence-electron chi connectivity index (χ0n) is 14.1. The van der Waals surface area contributed by atoms with E-state index in [-0.39, 0.29) is 0 Å². The molecule has 0 saturated carbocycles. The first-order valence-corrected chi connectivity index (χ1v) is 9.19. The lowest BCUT2D eigenvalue weighted by Crippen LogP contribution is -1.96. The molecule has 0 saturated heterocycles. The van der Waals surface area contributed by atoms with Crippen molar-refractivity contribution in [1.82, 2.24) is 24.8 Å². The van der Waals surface area contributed by atoms with Crippen LogP contribution in [0.15, 0.2) is 83.0 Å². The van der Waals surface area contributed by atoms with Gasteiger partial charge in [-0.3, -0.25) is 4.98 Å². The fourth-order valence-electron chi connectivity index (χ4n) is 2.91. The third-order valence-electron chi connectivity index (χ3n) is 4.20. The maximum Gasteiger partial charge on any atom is 0.217 e. The summed E-state index contributed by atoms with van der Waals surface area (Å²) in [4.78, 5) is 5.41. The fraction of sp³-hybridized carbons (Fsp3) is 0. The second kappa shape index (κ2) is 6.37. The van der Waals surface area contributed by atoms with Crippen molar-refractivity contribution in [2.75, 3.05) is 5.73 Å². The third-order valence-corrected chi connectivity index (χ3v) is 5.13. The lowest BCUT2D eigenvalue weighted by atomic mass is 10.1. The van der Waals surface area contributed by atoms with Gasteiger partial charge in [0.2, 0.25) is 5.16 Å². The van der Waals surface area contributed by atoms with Crippen molar-refractivity contribution in [1.29, 1.82) is 0 Å². The molecular weight excluding hydrogens is 356 g/mol. The number of hydrogen-bond donors (Lipinski definition) is 1. The van der Waals surface area contributed by atoms with Crippen LogP contribution >= 0.6 is 11.8 Å². The maximum atomic E-state index is 5.90. The predicted octanol–water partition coefficient (Wildman–Crippen LogP) is 4.07. The molecule has 2 N–H and O–H groups in total. The Hall–Kier alpha value is -3.45. The largest absolute Gasteiger partial charge is 0.399 e. The Labute approximate surface area is 159 Å². The molecule has 0 aliphatic heterocycles. The summed E-state index contributed by atoms with van der Waals surface area (Å²) < 4.78 is 1.76. The first-order valence-electron chi connectivity index (χ1n) is 8.37. The molecule has 3 aromatic heterocycles. The zero-order chi connectivity index (χ0) is 18.2. The van der Waals surface area contributed by atoms with Gasteiger partial charge in [-0.05, 0) is 60.3 Å². The topological polar surface area (TPSA) is 82.0 Å². The van der Waals surface area contributed by atoms with E-state index in [1.165, 1.54) is 11.8 Å². The minimum absolute atomic E-state index is 0.701. The molecule has 0 fully saturated rings. The maximum absolute atomic E-state index is 5.90. The Bertz CT molecular complexity index is 1280. The van der Waals surface area contributed by atoms with E-state index in [0.29, 0.717) is 16.5 Å². The summed E-state index contributed by atoms with van der Waals surface area (Å²) in [5.41, 5.74) is 10.0. The number of hydrogen-bond acceptors (Lipinski definition) is 6. The average molecular weight is 370 g/mol. The molecule has 0 amide bonds. The lowest BCUT2D eigenvalue weighted by Gasteiger charge is -2.04. The Morgan fingerprint density at radius 2 is 1.85 bits per heavy atom. The van der Waals surface area contributed by atoms with E-state index in [2.05, 4.69) is 21.2 Å². The second-order valence-electron chi connectivity index (χ2n) is 6.06. The van der Waals surface area contributed by atoms with E-state index in [1.807, 2.05) is 60.7 Å². The van der Waals surface area contributed by atoms with Crippen molar-refractivity contribution in [2.24, 2.45) is 0 Å². The molecule has 0 unspecified atom stereocenters. The molecule has 5 rings (SSSR count). The van der Waals surface area contributed by atoms with Gasteiger partial charge in [0.1, 0.15) is 0 Å². The molecule has 0 atom stereocenters. The van der Waals surface area contributed by atoms with E-state index in [9.17, 15) is 0 Å². The van der Waals surface area contributed by atoms with Gasteiger partial charge in [-0.1, -0.05) is 18.2 Å². The Morgan fingerprint density at radius 1 is 0.889 bits per heavy atom. The van der Waals surface area contributed by atoms with Gasteiger partial charge in [-0.15, -0.1) is 10.2 Å². The van der Waals surface area contributed by atoms with Crippen molar-refractivity contribution >= 4 is 34.0 Å². The van der Waals surface area contributed by atoms with Crippen LogP contribution in [0.5, 0.6) is 0 Å². The first kappa shape index (κ1) is 15.8. The van der Waals surface area contributed by atoms with Crippen LogP contribution < -0.4 is 5.73 Å². The molecule has 0 radical (unpaired) electrons. The van der Waals surface area contributed by atoms with Gasteiger partial charge in [0, 0.05) is 27.7 Å². The number of nitrogens with zero attached hydrogens (tertiary/aromatic N) is 5. The SMILES string of the molecule is Nc1cccc(-c2ccc3nnc(Sc4ccc5ncccc5c4)n3n2)c1. The van der Waals surface area contributed by atoms with Gasteiger partial charge in [0.05, 0.1) is 11.2 Å². The first-order chi connectivity index (χ1) is 13.3. The van der Waals surface area contributed by atoms with Crippen LogP contribution in [0.2, 0.25) is 0 Å². The van der Waals surface area contributed by atoms with Crippen LogP contribution in [-0.4, -0.2) is 24.8 Å². The Kier molecular flexibility index (Phi) is 3.72. The summed E-state index contributed by atoms with van der Waals surface area (Å²) in [5, 5.41) is 15.0. The number of benzene rings is 2. The van der Waals surface area contributed by atoms with Gasteiger partial charge < -0.3 is 5.73 Å². The summed E-state index contributed by atoms with van der Waals surface area (Å²) in [5.74, 6) is 0. The van der Waals surface area contributed by atoms with Gasteiger partial charge in [0.25, 0.3) is 0 Å². The number of aromatic nitrogens is 5. The molecule has 0 aliphatic carbocycles. The normalized spacial score (nSPS) is 11.3. The molecule has 6 nitrogen and oxygen atoms in total. The quantitative estimate of drug-likeness (QED) is 0.482. The predicted molar refractivity (Wildman–Crippen MR) is 106 cm³/mol. The number of nitrogens with two attached hydrogens (primary N) is 1. The van der Waals surface area contributed by atoms with Crippen LogP contribution in [-0.2, 0) is 0 Å². The molecule has 3 heterocycles. The number of rotatable bonds is 3. The molecule has 130 valence electrons. The zero-order valence-corrected chi connectivity index (χ0v) is 15.0. The van der Waals surface area contributed by atoms with Gasteiger partial charge >= 0.3 is 0 Å². The monoisotopic (exact) mass is 370 g/mol. The Morgan fingerprint density at radius 3 is 2.78 bits per heavy atom. The standard InChI is InChI=1S/C20H14N6S/c21-15-5-1-3-13(11-15)18-8-9-19-23-24-20(26(19)25-18)27-16-6-7-17-14(12-16)4-2-10-22-17/h1-12H,21H2. The summed E-state index contributed by atoms with van der Waals surface area (Å²) in [7, 11) is 0. The number of pyridine rings is 1. The Balaban J connectivity index is 1.55. The number of nitrogen functional groups attached to an aromatic ring is 1. The fourth-order valence-corrected chi connectivity index (χ4v) is 3.74. The minimum Gasteiger partial charge on any atom is -0.399 e. The number of anilines is 1. The average Bonchev–Trinajstić information content (AvgIpc) is 3.10. The van der Waals surface area contributed by atoms with Crippen molar-refractivity contribution in [2.45, 2.75) is 10.1 Å². The molecule has 0 spiro atoms. The molecule has 27 heavy (non-hydrogen) atoms. The molecular formula is C20H14N6S. The summed E-state index contributed by atoms with van der Waals surface area (Å²) in [6.07, 6.45) is 1.79. The van der Waals surface area contributed by atoms with E-state index in [0.717, 1.165) is 27.1 Å². The molecule has 5 aromatic rings. The van der Waals surface area contributed by atoms with Crippen molar-refractivity contribution in [3.63, 3.8) is 0 Å². The van der Waals surface area contributed by atoms with Crippen LogP contribution in [0.3, 0.4) is 0 Å². The van der Waals surface area contributed by atoms with Gasteiger partial charge in [-0.2, -0.15) is 9.61 Å². The summed E-state index contributed by atoms with van der Waals surface area (Å²) in [6.45, 7) is 0. The smallest absolute Gasteiger partial charge is 0.217 e. The van der Waals surface area contributed by atoms with E-state index in [4.69, 9.17) is 10.8 Å². The van der Waals surface area contributed by atoms with Crippen LogP contribution in [0.4, 0.5) is 5.69 Å². The summed E-state index contributed by atoms with van der Waals surface area (Å²) >= 11 is 1.52. The highest BCUT2D eigenvalue weighted by molar-refractivity contribution is 7.99. The highest BCUT2D eigenvalue weighted by Gasteiger charge is 2.11. The molecule has 0 aliphatic rings. The van der Waals surface area contributed by atoms with E-state index in [1.54, 1.807) is 10.7 Å². The lowest BCUT2D eigenvalue weighted by molar-refractivity contribution is 0.813. The van der Waals surface area contributed by atoms with Crippen LogP contribution in [0, 0.1) is 0 Å². The van der Waals surface area contributed by atoms with Crippen molar-refractivity contribution in [3.8, 4) is 11.3 Å². The third kappa shape index (κ3) is 2.98. The highest BCUT2D eigenvalue weighted by Crippen LogP contribution is 2.29. The van der Waals surface area contributed by atoms with E-state index < -0.39 is 0 Å². The van der Waals surface area contributed by atoms with Crippen molar-refractivity contribution < 1.29 is 0 Å². The van der Waals surface area contributed by atoms with E-state index >= 15 is 0 Å². The van der Waals surface area contributed by atoms with Crippen LogP contribution in [0.25, 0.3) is 27.8 Å². The summed E-state index contributed by atoms with van der Waals surface area (Å²) in [6, 6.07) is 21.6. The van der Waals surface area contributed by atoms with Crippen molar-refractivity contribution in [3.05, 3.63) is 72.9 Å². The molecule has 2 aromatic carbocycles.